The van der Waals surface area contributed by atoms with E-state index in [4.69, 9.17) is 5.73 Å². The van der Waals surface area contributed by atoms with Gasteiger partial charge in [-0.1, -0.05) is 0 Å². The third-order valence-corrected chi connectivity index (χ3v) is 0.648. The van der Waals surface area contributed by atoms with E-state index in [1.54, 1.807) is 6.20 Å². The molecule has 1 heterocycles. The van der Waals surface area contributed by atoms with E-state index in [0.717, 1.165) is 5.70 Å². The van der Waals surface area contributed by atoms with Crippen molar-refractivity contribution in [2.24, 2.45) is 10.8 Å². The third kappa shape index (κ3) is 0.328. The summed E-state index contributed by atoms with van der Waals surface area (Å²) in [6.45, 7) is 0.549. The summed E-state index contributed by atoms with van der Waals surface area (Å²) in [6, 6.07) is 0. The van der Waals surface area contributed by atoms with Crippen molar-refractivity contribution in [3.8, 4) is 0 Å². The molecule has 0 fully saturated rings. The molecule has 0 aromatic carbocycles. The standard InChI is InChI=1S/C3H5N3/c4-1-3-2-5-6-3/h2H,1,4H2/p+1. The van der Waals surface area contributed by atoms with Crippen LogP contribution in [0.2, 0.25) is 0 Å². The Hall–Kier alpha value is -0.700. The molecule has 0 saturated carbocycles. The van der Waals surface area contributed by atoms with Gasteiger partial charge in [-0.05, 0) is 0 Å². The van der Waals surface area contributed by atoms with Gasteiger partial charge in [0, 0.05) is 11.7 Å². The number of hydrogen-bond donors (Lipinski definition) is 2. The first-order valence-electron chi connectivity index (χ1n) is 1.79. The summed E-state index contributed by atoms with van der Waals surface area (Å²) >= 11 is 0. The number of nitrogens with two attached hydrogens (primary N) is 1. The summed E-state index contributed by atoms with van der Waals surface area (Å²) in [7, 11) is 0. The molecule has 1 aliphatic heterocycles. The van der Waals surface area contributed by atoms with Crippen LogP contribution in [0.3, 0.4) is 0 Å². The van der Waals surface area contributed by atoms with E-state index in [1.165, 1.54) is 0 Å². The van der Waals surface area contributed by atoms with Crippen molar-refractivity contribution < 1.29 is 5.11 Å². The minimum absolute atomic E-state index is 0.549. The molecule has 0 amide bonds. The smallest absolute Gasteiger partial charge is 0.222 e. The first-order valence-corrected chi connectivity index (χ1v) is 1.79. The number of azo groups is 1. The zero-order chi connectivity index (χ0) is 4.41. The summed E-state index contributed by atoms with van der Waals surface area (Å²) in [5, 5.41) is 6.27. The van der Waals surface area contributed by atoms with Crippen molar-refractivity contribution >= 4 is 0 Å². The second-order valence-corrected chi connectivity index (χ2v) is 1.08. The fourth-order valence-corrected chi connectivity index (χ4v) is 0.260. The van der Waals surface area contributed by atoms with Crippen molar-refractivity contribution in [3.63, 3.8) is 0 Å². The van der Waals surface area contributed by atoms with Gasteiger partial charge >= 0.3 is 0 Å². The maximum atomic E-state index is 5.13. The Labute approximate surface area is 35.6 Å². The number of nitrogens with one attached hydrogen (secondary N) is 1. The SMILES string of the molecule is NCC1=C[NH+]=N1. The Kier molecular flexibility index (Phi) is 0.686. The zero-order valence-electron chi connectivity index (χ0n) is 3.31. The predicted octanol–water partition coefficient (Wildman–Crippen LogP) is -1.67. The third-order valence-electron chi connectivity index (χ3n) is 0.648. The largest absolute Gasteiger partial charge is 0.325 e. The van der Waals surface area contributed by atoms with Crippen LogP contribution < -0.4 is 10.8 Å². The van der Waals surface area contributed by atoms with Crippen LogP contribution in [0.4, 0.5) is 0 Å². The van der Waals surface area contributed by atoms with Crippen LogP contribution >= 0.6 is 0 Å². The molecule has 0 atom stereocenters. The Balaban J connectivity index is 2.37. The average molecular weight is 84.1 g/mol. The van der Waals surface area contributed by atoms with Gasteiger partial charge in [0.05, 0.1) is 0 Å². The van der Waals surface area contributed by atoms with E-state index in [-0.39, 0.29) is 0 Å². The molecule has 3 nitrogen and oxygen atoms in total. The van der Waals surface area contributed by atoms with E-state index in [2.05, 4.69) is 10.2 Å². The summed E-state index contributed by atoms with van der Waals surface area (Å²) in [5.74, 6) is 0. The predicted molar refractivity (Wildman–Crippen MR) is 20.5 cm³/mol. The van der Waals surface area contributed by atoms with E-state index < -0.39 is 0 Å². The van der Waals surface area contributed by atoms with Gasteiger partial charge in [-0.25, -0.2) is 0 Å². The minimum atomic E-state index is 0.549. The summed E-state index contributed by atoms with van der Waals surface area (Å²) in [4.78, 5) is 0. The fourth-order valence-electron chi connectivity index (χ4n) is 0.260. The van der Waals surface area contributed by atoms with Crippen molar-refractivity contribution in [2.45, 2.75) is 0 Å². The molecule has 1 aliphatic rings. The highest BCUT2D eigenvalue weighted by Crippen LogP contribution is 1.86. The Morgan fingerprint density at radius 3 is 2.67 bits per heavy atom. The first kappa shape index (κ1) is 3.49. The van der Waals surface area contributed by atoms with Gasteiger partial charge in [0.2, 0.25) is 6.20 Å². The molecular formula is C3H6N3+. The molecule has 0 unspecified atom stereocenters. The van der Waals surface area contributed by atoms with Crippen molar-refractivity contribution in [3.05, 3.63) is 11.9 Å². The van der Waals surface area contributed by atoms with Crippen LogP contribution in [0.5, 0.6) is 0 Å². The van der Waals surface area contributed by atoms with Gasteiger partial charge in [0.1, 0.15) is 0 Å². The summed E-state index contributed by atoms with van der Waals surface area (Å²) in [6.07, 6.45) is 1.78. The molecule has 0 radical (unpaired) electrons. The Morgan fingerprint density at radius 1 is 2.00 bits per heavy atom. The van der Waals surface area contributed by atoms with Crippen molar-refractivity contribution in [1.29, 1.82) is 0 Å². The second kappa shape index (κ2) is 1.18. The molecule has 3 N–H and O–H groups in total. The molecule has 6 heavy (non-hydrogen) atoms. The quantitative estimate of drug-likeness (QED) is 0.392. The van der Waals surface area contributed by atoms with E-state index in [0.29, 0.717) is 6.54 Å². The average Bonchev–Trinajstić information content (AvgIpc) is 1.31. The molecule has 0 spiro atoms. The van der Waals surface area contributed by atoms with Crippen LogP contribution in [-0.2, 0) is 0 Å². The van der Waals surface area contributed by atoms with Gasteiger partial charge in [-0.3, -0.25) is 0 Å². The monoisotopic (exact) mass is 84.1 g/mol. The molecule has 32 valence electrons. The van der Waals surface area contributed by atoms with Crippen LogP contribution in [0.15, 0.2) is 17.0 Å². The molecule has 3 heteroatoms. The molecule has 0 bridgehead atoms. The maximum absolute atomic E-state index is 5.13. The van der Waals surface area contributed by atoms with E-state index in [1.807, 2.05) is 0 Å². The van der Waals surface area contributed by atoms with Gasteiger partial charge in [-0.2, -0.15) is 0 Å². The molecule has 0 aliphatic carbocycles. The maximum Gasteiger partial charge on any atom is 0.222 e. The lowest BCUT2D eigenvalue weighted by Gasteiger charge is -1.87. The fraction of sp³-hybridized carbons (Fsp3) is 0.333. The zero-order valence-corrected chi connectivity index (χ0v) is 3.31. The molecule has 0 aromatic heterocycles. The summed E-state index contributed by atoms with van der Waals surface area (Å²) in [5.41, 5.74) is 6.07. The molecule has 0 aromatic rings. The van der Waals surface area contributed by atoms with Crippen LogP contribution in [0, 0.1) is 0 Å². The number of nitrogens with zero attached hydrogens (tertiary/aromatic N) is 1. The topological polar surface area (TPSA) is 52.4 Å². The highest BCUT2D eigenvalue weighted by atomic mass is 15.2. The summed E-state index contributed by atoms with van der Waals surface area (Å²) < 4.78 is 0. The lowest BCUT2D eigenvalue weighted by molar-refractivity contribution is -0.478. The van der Waals surface area contributed by atoms with Crippen molar-refractivity contribution in [1.82, 2.24) is 0 Å². The van der Waals surface area contributed by atoms with Gasteiger partial charge in [-0.15, -0.1) is 5.11 Å². The Bertz CT molecular complexity index is 103. The van der Waals surface area contributed by atoms with Crippen molar-refractivity contribution in [2.75, 3.05) is 6.54 Å². The minimum Gasteiger partial charge on any atom is -0.325 e. The highest BCUT2D eigenvalue weighted by molar-refractivity contribution is 4.95. The number of hydrogen-bond acceptors (Lipinski definition) is 2. The van der Waals surface area contributed by atoms with Gasteiger partial charge < -0.3 is 5.73 Å². The van der Waals surface area contributed by atoms with Crippen LogP contribution in [0.25, 0.3) is 0 Å². The second-order valence-electron chi connectivity index (χ2n) is 1.08. The van der Waals surface area contributed by atoms with Crippen LogP contribution in [0.1, 0.15) is 0 Å². The molecular weight excluding hydrogens is 78.1 g/mol. The Morgan fingerprint density at radius 2 is 2.67 bits per heavy atom. The lowest BCUT2D eigenvalue weighted by atomic mass is 10.5. The lowest BCUT2D eigenvalue weighted by Crippen LogP contribution is -2.63. The molecule has 0 saturated heterocycles. The van der Waals surface area contributed by atoms with Gasteiger partial charge in [0.15, 0.2) is 5.70 Å². The normalized spacial score (nSPS) is 16.5. The van der Waals surface area contributed by atoms with Gasteiger partial charge in [0.25, 0.3) is 0 Å². The first-order chi connectivity index (χ1) is 2.93. The number of rotatable bonds is 1. The van der Waals surface area contributed by atoms with E-state index >= 15 is 0 Å². The molecule has 1 rings (SSSR count). The van der Waals surface area contributed by atoms with Crippen LogP contribution in [-0.4, -0.2) is 6.54 Å². The highest BCUT2D eigenvalue weighted by Gasteiger charge is 2.02. The van der Waals surface area contributed by atoms with E-state index in [9.17, 15) is 0 Å².